The van der Waals surface area contributed by atoms with E-state index < -0.39 is 11.8 Å². The lowest BCUT2D eigenvalue weighted by Gasteiger charge is -2.03. The molecule has 0 fully saturated rings. The number of carboxylic acid groups (broad SMARTS) is 1. The van der Waals surface area contributed by atoms with Gasteiger partial charge in [-0.2, -0.15) is 0 Å². The van der Waals surface area contributed by atoms with E-state index in [2.05, 4.69) is 0 Å². The number of benzene rings is 1. The highest BCUT2D eigenvalue weighted by atomic mass is 19.1. The summed E-state index contributed by atoms with van der Waals surface area (Å²) in [6.45, 7) is 0. The van der Waals surface area contributed by atoms with Gasteiger partial charge in [-0.25, -0.2) is 4.39 Å². The SMILES string of the molecule is COc1cc(CC(=O)O)ccc1F. The van der Waals surface area contributed by atoms with Crippen LogP contribution in [0.5, 0.6) is 5.75 Å². The summed E-state index contributed by atoms with van der Waals surface area (Å²) < 4.78 is 17.5. The summed E-state index contributed by atoms with van der Waals surface area (Å²) in [6.07, 6.45) is -0.128. The Bertz CT molecular complexity index is 323. The molecule has 0 aliphatic heterocycles. The summed E-state index contributed by atoms with van der Waals surface area (Å²) in [5.41, 5.74) is 0.519. The molecule has 0 aliphatic carbocycles. The van der Waals surface area contributed by atoms with Gasteiger partial charge >= 0.3 is 5.97 Å². The standard InChI is InChI=1S/C9H9FO3/c1-13-8-4-6(5-9(11)12)2-3-7(8)10/h2-4H,5H2,1H3,(H,11,12). The van der Waals surface area contributed by atoms with Crippen LogP contribution in [0.15, 0.2) is 18.2 Å². The van der Waals surface area contributed by atoms with Crippen molar-refractivity contribution in [2.45, 2.75) is 6.42 Å². The molecule has 1 rings (SSSR count). The molecular weight excluding hydrogens is 175 g/mol. The van der Waals surface area contributed by atoms with Crippen molar-refractivity contribution in [3.63, 3.8) is 0 Å². The molecule has 0 saturated carbocycles. The van der Waals surface area contributed by atoms with E-state index in [0.717, 1.165) is 0 Å². The molecule has 1 N–H and O–H groups in total. The highest BCUT2D eigenvalue weighted by Crippen LogP contribution is 2.18. The topological polar surface area (TPSA) is 46.5 Å². The van der Waals surface area contributed by atoms with E-state index in [0.29, 0.717) is 5.56 Å². The first kappa shape index (κ1) is 9.51. The first-order valence-electron chi connectivity index (χ1n) is 3.67. The van der Waals surface area contributed by atoms with Crippen LogP contribution in [0.4, 0.5) is 4.39 Å². The summed E-state index contributed by atoms with van der Waals surface area (Å²) in [4.78, 5) is 10.3. The van der Waals surface area contributed by atoms with Gasteiger partial charge in [-0.1, -0.05) is 6.07 Å². The quantitative estimate of drug-likeness (QED) is 0.773. The monoisotopic (exact) mass is 184 g/mol. The minimum absolute atomic E-state index is 0.0683. The van der Waals surface area contributed by atoms with Crippen molar-refractivity contribution in [2.24, 2.45) is 0 Å². The maximum absolute atomic E-state index is 12.8. The number of rotatable bonds is 3. The van der Waals surface area contributed by atoms with Gasteiger partial charge < -0.3 is 9.84 Å². The number of hydrogen-bond donors (Lipinski definition) is 1. The van der Waals surface area contributed by atoms with E-state index in [1.54, 1.807) is 0 Å². The molecule has 0 atom stereocenters. The molecule has 0 spiro atoms. The lowest BCUT2D eigenvalue weighted by atomic mass is 10.1. The molecule has 0 bridgehead atoms. The zero-order valence-electron chi connectivity index (χ0n) is 7.08. The predicted molar refractivity (Wildman–Crippen MR) is 44.3 cm³/mol. The van der Waals surface area contributed by atoms with Crippen molar-refractivity contribution in [1.29, 1.82) is 0 Å². The smallest absolute Gasteiger partial charge is 0.307 e. The molecule has 0 aliphatic rings. The summed E-state index contributed by atoms with van der Waals surface area (Å²) in [5, 5.41) is 8.47. The van der Waals surface area contributed by atoms with E-state index in [1.165, 1.54) is 25.3 Å². The third-order valence-electron chi connectivity index (χ3n) is 1.57. The molecule has 0 saturated heterocycles. The highest BCUT2D eigenvalue weighted by Gasteiger charge is 2.05. The lowest BCUT2D eigenvalue weighted by molar-refractivity contribution is -0.136. The normalized spacial score (nSPS) is 9.69. The fourth-order valence-electron chi connectivity index (χ4n) is 0.989. The highest BCUT2D eigenvalue weighted by molar-refractivity contribution is 5.70. The summed E-state index contributed by atoms with van der Waals surface area (Å²) in [6, 6.07) is 3.99. The fraction of sp³-hybridized carbons (Fsp3) is 0.222. The van der Waals surface area contributed by atoms with Gasteiger partial charge in [-0.05, 0) is 17.7 Å². The van der Waals surface area contributed by atoms with Gasteiger partial charge in [-0.15, -0.1) is 0 Å². The Morgan fingerprint density at radius 2 is 2.31 bits per heavy atom. The van der Waals surface area contributed by atoms with Gasteiger partial charge in [-0.3, -0.25) is 4.79 Å². The number of carboxylic acids is 1. The lowest BCUT2D eigenvalue weighted by Crippen LogP contribution is -2.00. The van der Waals surface area contributed by atoms with Gasteiger partial charge in [0.05, 0.1) is 13.5 Å². The van der Waals surface area contributed by atoms with Crippen LogP contribution in [0.3, 0.4) is 0 Å². The van der Waals surface area contributed by atoms with Gasteiger partial charge in [0.1, 0.15) is 0 Å². The Kier molecular flexibility index (Phi) is 2.84. The van der Waals surface area contributed by atoms with Gasteiger partial charge in [0.2, 0.25) is 0 Å². The molecule has 4 heteroatoms. The van der Waals surface area contributed by atoms with Crippen LogP contribution < -0.4 is 4.74 Å². The first-order chi connectivity index (χ1) is 6.13. The second kappa shape index (κ2) is 3.89. The number of carbonyl (C=O) groups is 1. The van der Waals surface area contributed by atoms with Gasteiger partial charge in [0.25, 0.3) is 0 Å². The molecule has 0 amide bonds. The third kappa shape index (κ3) is 2.43. The van der Waals surface area contributed by atoms with Crippen LogP contribution in [0.2, 0.25) is 0 Å². The van der Waals surface area contributed by atoms with Crippen LogP contribution in [-0.4, -0.2) is 18.2 Å². The molecule has 0 heterocycles. The van der Waals surface area contributed by atoms with Crippen LogP contribution in [0.1, 0.15) is 5.56 Å². The van der Waals surface area contributed by atoms with E-state index in [9.17, 15) is 9.18 Å². The first-order valence-corrected chi connectivity index (χ1v) is 3.67. The largest absolute Gasteiger partial charge is 0.494 e. The number of ether oxygens (including phenoxy) is 1. The molecule has 13 heavy (non-hydrogen) atoms. The Morgan fingerprint density at radius 3 is 2.85 bits per heavy atom. The minimum atomic E-state index is -0.950. The Labute approximate surface area is 74.8 Å². The number of methoxy groups -OCH3 is 1. The maximum atomic E-state index is 12.8. The Hall–Kier alpha value is -1.58. The molecule has 0 unspecified atom stereocenters. The molecule has 3 nitrogen and oxygen atoms in total. The van der Waals surface area contributed by atoms with E-state index in [-0.39, 0.29) is 12.2 Å². The van der Waals surface area contributed by atoms with Crippen molar-refractivity contribution in [3.8, 4) is 5.75 Å². The van der Waals surface area contributed by atoms with Crippen LogP contribution in [-0.2, 0) is 11.2 Å². The molecule has 0 radical (unpaired) electrons. The van der Waals surface area contributed by atoms with E-state index in [1.807, 2.05) is 0 Å². The zero-order chi connectivity index (χ0) is 9.84. The second-order valence-electron chi connectivity index (χ2n) is 2.54. The minimum Gasteiger partial charge on any atom is -0.494 e. The predicted octanol–water partition coefficient (Wildman–Crippen LogP) is 1.46. The molecule has 0 aromatic heterocycles. The van der Waals surface area contributed by atoms with Crippen molar-refractivity contribution < 1.29 is 19.0 Å². The third-order valence-corrected chi connectivity index (χ3v) is 1.57. The molecule has 1 aromatic rings. The van der Waals surface area contributed by atoms with Crippen LogP contribution in [0, 0.1) is 5.82 Å². The average Bonchev–Trinajstić information content (AvgIpc) is 2.07. The average molecular weight is 184 g/mol. The van der Waals surface area contributed by atoms with E-state index in [4.69, 9.17) is 9.84 Å². The van der Waals surface area contributed by atoms with E-state index >= 15 is 0 Å². The fourth-order valence-corrected chi connectivity index (χ4v) is 0.989. The second-order valence-corrected chi connectivity index (χ2v) is 2.54. The number of halogens is 1. The van der Waals surface area contributed by atoms with Crippen molar-refractivity contribution in [1.82, 2.24) is 0 Å². The maximum Gasteiger partial charge on any atom is 0.307 e. The van der Waals surface area contributed by atoms with Crippen molar-refractivity contribution in [2.75, 3.05) is 7.11 Å². The number of hydrogen-bond acceptors (Lipinski definition) is 2. The number of aliphatic carboxylic acids is 1. The van der Waals surface area contributed by atoms with Crippen LogP contribution >= 0.6 is 0 Å². The summed E-state index contributed by atoms with van der Waals surface area (Å²) in [7, 11) is 1.34. The Morgan fingerprint density at radius 1 is 1.62 bits per heavy atom. The summed E-state index contributed by atoms with van der Waals surface area (Å²) in [5.74, 6) is -1.37. The molecular formula is C9H9FO3. The van der Waals surface area contributed by atoms with Crippen molar-refractivity contribution >= 4 is 5.97 Å². The van der Waals surface area contributed by atoms with Crippen molar-refractivity contribution in [3.05, 3.63) is 29.6 Å². The van der Waals surface area contributed by atoms with Gasteiger partial charge in [0, 0.05) is 0 Å². The Balaban J connectivity index is 2.92. The van der Waals surface area contributed by atoms with Gasteiger partial charge in [0.15, 0.2) is 11.6 Å². The zero-order valence-corrected chi connectivity index (χ0v) is 7.08. The summed E-state index contributed by atoms with van der Waals surface area (Å²) >= 11 is 0. The van der Waals surface area contributed by atoms with Crippen LogP contribution in [0.25, 0.3) is 0 Å². The molecule has 70 valence electrons. The molecule has 1 aromatic carbocycles.